The minimum atomic E-state index is 0.768. The third-order valence-corrected chi connectivity index (χ3v) is 2.68. The normalized spacial score (nSPS) is 10.7. The minimum Gasteiger partial charge on any atom is -0.342 e. The topological polar surface area (TPSA) is 4.93 Å². The van der Waals surface area contributed by atoms with Crippen molar-refractivity contribution in [1.29, 1.82) is 0 Å². The summed E-state index contributed by atoms with van der Waals surface area (Å²) in [6.45, 7) is 4.59. The number of halogens is 2. The zero-order valence-electron chi connectivity index (χ0n) is 7.50. The van der Waals surface area contributed by atoms with Gasteiger partial charge < -0.3 is 4.57 Å². The highest BCUT2D eigenvalue weighted by molar-refractivity contribution is 9.11. The molecule has 0 bridgehead atoms. The van der Waals surface area contributed by atoms with Gasteiger partial charge in [0.2, 0.25) is 0 Å². The molecular formula is C11H9BrClN. The molecular weight excluding hydrogens is 261 g/mol. The predicted octanol–water partition coefficient (Wildman–Crippen LogP) is 4.20. The maximum absolute atomic E-state index is 6.06. The summed E-state index contributed by atoms with van der Waals surface area (Å²) in [6.07, 6.45) is 2.02. The molecule has 1 nitrogen and oxygen atoms in total. The first-order valence-electron chi connectivity index (χ1n) is 4.25. The predicted molar refractivity (Wildman–Crippen MR) is 65.0 cm³/mol. The second-order valence-corrected chi connectivity index (χ2v) is 4.66. The van der Waals surface area contributed by atoms with E-state index in [1.54, 1.807) is 0 Å². The van der Waals surface area contributed by atoms with Gasteiger partial charge in [-0.15, -0.1) is 0 Å². The van der Waals surface area contributed by atoms with E-state index < -0.39 is 0 Å². The van der Waals surface area contributed by atoms with Crippen LogP contribution in [-0.4, -0.2) is 4.57 Å². The third-order valence-electron chi connectivity index (χ3n) is 2.10. The molecule has 0 radical (unpaired) electrons. The molecule has 0 N–H and O–H groups in total. The van der Waals surface area contributed by atoms with Gasteiger partial charge >= 0.3 is 0 Å². The third kappa shape index (κ3) is 1.72. The molecule has 1 aromatic carbocycles. The molecule has 1 heterocycles. The van der Waals surface area contributed by atoms with E-state index >= 15 is 0 Å². The molecule has 2 aromatic rings. The number of hydrogen-bond donors (Lipinski definition) is 0. The Hall–Kier alpha value is -0.730. The van der Waals surface area contributed by atoms with Gasteiger partial charge in [0.25, 0.3) is 0 Å². The Bertz CT molecular complexity index is 487. The Morgan fingerprint density at radius 2 is 2.21 bits per heavy atom. The molecule has 0 saturated carbocycles. The van der Waals surface area contributed by atoms with Crippen LogP contribution in [0.4, 0.5) is 0 Å². The van der Waals surface area contributed by atoms with Gasteiger partial charge in [0, 0.05) is 26.6 Å². The lowest BCUT2D eigenvalue weighted by Gasteiger charge is -2.03. The Morgan fingerprint density at radius 1 is 1.43 bits per heavy atom. The van der Waals surface area contributed by atoms with Crippen LogP contribution in [0.1, 0.15) is 0 Å². The molecule has 0 atom stereocenters. The number of rotatable bonds is 2. The molecule has 1 aromatic heterocycles. The summed E-state index contributed by atoms with van der Waals surface area (Å²) in [5.41, 5.74) is 1.14. The van der Waals surface area contributed by atoms with Gasteiger partial charge in [-0.2, -0.15) is 0 Å². The SMILES string of the molecule is C=C(Br)Cn1ccc2c(Cl)cccc21. The van der Waals surface area contributed by atoms with Crippen molar-refractivity contribution in [2.75, 3.05) is 0 Å². The fourth-order valence-electron chi connectivity index (χ4n) is 1.51. The lowest BCUT2D eigenvalue weighted by atomic mass is 10.2. The van der Waals surface area contributed by atoms with E-state index in [0.29, 0.717) is 0 Å². The van der Waals surface area contributed by atoms with E-state index in [4.69, 9.17) is 11.6 Å². The highest BCUT2D eigenvalue weighted by Crippen LogP contribution is 2.25. The quantitative estimate of drug-likeness (QED) is 0.770. The van der Waals surface area contributed by atoms with Gasteiger partial charge in [0.1, 0.15) is 0 Å². The number of hydrogen-bond acceptors (Lipinski definition) is 0. The highest BCUT2D eigenvalue weighted by atomic mass is 79.9. The lowest BCUT2D eigenvalue weighted by molar-refractivity contribution is 0.858. The van der Waals surface area contributed by atoms with Crippen LogP contribution in [0.3, 0.4) is 0 Å². The Balaban J connectivity index is 2.58. The van der Waals surface area contributed by atoms with Crippen LogP contribution >= 0.6 is 27.5 Å². The van der Waals surface area contributed by atoms with E-state index in [0.717, 1.165) is 27.0 Å². The minimum absolute atomic E-state index is 0.768. The number of allylic oxidation sites excluding steroid dienone is 1. The summed E-state index contributed by atoms with van der Waals surface area (Å²) in [7, 11) is 0. The molecule has 0 amide bonds. The highest BCUT2D eigenvalue weighted by Gasteiger charge is 2.03. The van der Waals surface area contributed by atoms with Gasteiger partial charge in [0.15, 0.2) is 0 Å². The number of benzene rings is 1. The van der Waals surface area contributed by atoms with E-state index in [-0.39, 0.29) is 0 Å². The van der Waals surface area contributed by atoms with Gasteiger partial charge in [-0.1, -0.05) is 40.2 Å². The molecule has 0 unspecified atom stereocenters. The van der Waals surface area contributed by atoms with Crippen LogP contribution in [0.2, 0.25) is 5.02 Å². The Kier molecular flexibility index (Phi) is 2.66. The van der Waals surface area contributed by atoms with E-state index in [2.05, 4.69) is 33.1 Å². The summed E-state index contributed by atoms with van der Waals surface area (Å²) in [5.74, 6) is 0. The molecule has 72 valence electrons. The van der Waals surface area contributed by atoms with Crippen molar-refractivity contribution >= 4 is 38.4 Å². The summed E-state index contributed by atoms with van der Waals surface area (Å²) in [4.78, 5) is 0. The summed E-state index contributed by atoms with van der Waals surface area (Å²) in [5, 5.41) is 1.88. The van der Waals surface area contributed by atoms with E-state index in [1.165, 1.54) is 0 Å². The monoisotopic (exact) mass is 269 g/mol. The van der Waals surface area contributed by atoms with Crippen LogP contribution in [0.15, 0.2) is 41.5 Å². The summed E-state index contributed by atoms with van der Waals surface area (Å²) in [6, 6.07) is 7.93. The first kappa shape index (κ1) is 9.81. The number of fused-ring (bicyclic) bond motifs is 1. The first-order valence-corrected chi connectivity index (χ1v) is 5.42. The van der Waals surface area contributed by atoms with Gasteiger partial charge in [-0.25, -0.2) is 0 Å². The maximum Gasteiger partial charge on any atom is 0.0535 e. The van der Waals surface area contributed by atoms with Crippen LogP contribution in [0, 0.1) is 0 Å². The van der Waals surface area contributed by atoms with Crippen molar-refractivity contribution in [3.63, 3.8) is 0 Å². The van der Waals surface area contributed by atoms with Crippen LogP contribution in [0.5, 0.6) is 0 Å². The van der Waals surface area contributed by atoms with Gasteiger partial charge in [0.05, 0.1) is 6.54 Å². The standard InChI is InChI=1S/C11H9BrClN/c1-8(12)7-14-6-5-9-10(13)3-2-4-11(9)14/h2-6H,1,7H2. The molecule has 0 saturated heterocycles. The molecule has 0 fully saturated rings. The van der Waals surface area contributed by atoms with Gasteiger partial charge in [-0.05, 0) is 18.2 Å². The van der Waals surface area contributed by atoms with Crippen LogP contribution in [0.25, 0.3) is 10.9 Å². The van der Waals surface area contributed by atoms with Crippen LogP contribution in [-0.2, 0) is 6.54 Å². The molecule has 14 heavy (non-hydrogen) atoms. The summed E-state index contributed by atoms with van der Waals surface area (Å²) >= 11 is 9.41. The van der Waals surface area contributed by atoms with Crippen molar-refractivity contribution in [2.45, 2.75) is 6.54 Å². The fourth-order valence-corrected chi connectivity index (χ4v) is 2.01. The van der Waals surface area contributed by atoms with Crippen LogP contribution < -0.4 is 0 Å². The number of nitrogens with zero attached hydrogens (tertiary/aromatic N) is 1. The molecule has 0 aliphatic carbocycles. The molecule has 2 rings (SSSR count). The molecule has 0 aliphatic heterocycles. The van der Waals surface area contributed by atoms with Crippen molar-refractivity contribution in [2.24, 2.45) is 0 Å². The Morgan fingerprint density at radius 3 is 2.93 bits per heavy atom. The number of aromatic nitrogens is 1. The van der Waals surface area contributed by atoms with Crippen molar-refractivity contribution < 1.29 is 0 Å². The first-order chi connectivity index (χ1) is 6.68. The average Bonchev–Trinajstić information content (AvgIpc) is 2.49. The lowest BCUT2D eigenvalue weighted by Crippen LogP contribution is -1.94. The largest absolute Gasteiger partial charge is 0.342 e. The molecule has 3 heteroatoms. The van der Waals surface area contributed by atoms with E-state index in [1.807, 2.05) is 24.4 Å². The van der Waals surface area contributed by atoms with Crippen molar-refractivity contribution in [3.8, 4) is 0 Å². The molecule has 0 aliphatic rings. The smallest absolute Gasteiger partial charge is 0.0535 e. The zero-order valence-corrected chi connectivity index (χ0v) is 9.85. The van der Waals surface area contributed by atoms with E-state index in [9.17, 15) is 0 Å². The Labute approximate surface area is 96.1 Å². The summed E-state index contributed by atoms with van der Waals surface area (Å²) < 4.78 is 3.06. The zero-order chi connectivity index (χ0) is 10.1. The molecule has 0 spiro atoms. The van der Waals surface area contributed by atoms with Crippen molar-refractivity contribution in [1.82, 2.24) is 4.57 Å². The maximum atomic E-state index is 6.06. The van der Waals surface area contributed by atoms with Gasteiger partial charge in [-0.3, -0.25) is 0 Å². The fraction of sp³-hybridized carbons (Fsp3) is 0.0909. The second kappa shape index (κ2) is 3.79. The second-order valence-electron chi connectivity index (χ2n) is 3.13. The average molecular weight is 271 g/mol. The van der Waals surface area contributed by atoms with Crippen molar-refractivity contribution in [3.05, 3.63) is 46.5 Å².